The van der Waals surface area contributed by atoms with Gasteiger partial charge in [-0.25, -0.2) is 13.8 Å². The van der Waals surface area contributed by atoms with Crippen LogP contribution in [0.5, 0.6) is 0 Å². The Morgan fingerprint density at radius 3 is 2.59 bits per heavy atom. The average Bonchev–Trinajstić information content (AvgIpc) is 3.29. The van der Waals surface area contributed by atoms with E-state index in [9.17, 15) is 18.4 Å². The van der Waals surface area contributed by atoms with E-state index < -0.39 is 29.5 Å². The van der Waals surface area contributed by atoms with E-state index in [1.807, 2.05) is 0 Å². The van der Waals surface area contributed by atoms with Crippen molar-refractivity contribution in [1.29, 1.82) is 0 Å². The summed E-state index contributed by atoms with van der Waals surface area (Å²) < 4.78 is 29.7. The third-order valence-corrected chi connectivity index (χ3v) is 6.29. The number of nitrogens with one attached hydrogen (secondary N) is 1. The number of fused-ring (bicyclic) bond motifs is 1. The zero-order valence-corrected chi connectivity index (χ0v) is 21.1. The summed E-state index contributed by atoms with van der Waals surface area (Å²) in [6.45, 7) is -0.107. The maximum atomic E-state index is 14.0. The molecule has 0 aliphatic rings. The summed E-state index contributed by atoms with van der Waals surface area (Å²) in [5.74, 6) is -2.46. The van der Waals surface area contributed by atoms with E-state index in [1.165, 1.54) is 12.1 Å². The van der Waals surface area contributed by atoms with E-state index in [4.69, 9.17) is 17.3 Å². The predicted molar refractivity (Wildman–Crippen MR) is 142 cm³/mol. The Morgan fingerprint density at radius 2 is 1.82 bits per heavy atom. The SMILES string of the molecule is NC(=O)c1cccc(-c2cccnc2C(Cc2cc(F)cc(F)c2)NC(=O)Cn2ccc3cnc(Cl)nc32)c1. The number of carbonyl (C=O) groups is 2. The Bertz CT molecular complexity index is 1690. The van der Waals surface area contributed by atoms with Crippen LogP contribution >= 0.6 is 11.6 Å². The van der Waals surface area contributed by atoms with Gasteiger partial charge in [0.25, 0.3) is 0 Å². The summed E-state index contributed by atoms with van der Waals surface area (Å²) in [5.41, 5.74) is 8.28. The van der Waals surface area contributed by atoms with Gasteiger partial charge in [-0.05, 0) is 65.5 Å². The molecule has 0 fully saturated rings. The fourth-order valence-electron chi connectivity index (χ4n) is 4.43. The minimum Gasteiger partial charge on any atom is -0.366 e. The first kappa shape index (κ1) is 25.9. The normalized spacial score (nSPS) is 11.9. The van der Waals surface area contributed by atoms with E-state index >= 15 is 0 Å². The highest BCUT2D eigenvalue weighted by Gasteiger charge is 2.22. The number of halogens is 3. The molecule has 3 heterocycles. The number of nitrogens with two attached hydrogens (primary N) is 1. The molecule has 39 heavy (non-hydrogen) atoms. The second-order valence-electron chi connectivity index (χ2n) is 8.84. The maximum absolute atomic E-state index is 14.0. The molecule has 2 amide bonds. The van der Waals surface area contributed by atoms with Crippen LogP contribution in [0.2, 0.25) is 5.28 Å². The van der Waals surface area contributed by atoms with Crippen LogP contribution in [0.4, 0.5) is 8.78 Å². The number of aromatic nitrogens is 4. The number of rotatable bonds is 8. The van der Waals surface area contributed by atoms with Crippen molar-refractivity contribution in [2.24, 2.45) is 5.73 Å². The molecule has 1 unspecified atom stereocenters. The molecule has 3 aromatic heterocycles. The maximum Gasteiger partial charge on any atom is 0.248 e. The van der Waals surface area contributed by atoms with Crippen molar-refractivity contribution < 1.29 is 18.4 Å². The zero-order valence-electron chi connectivity index (χ0n) is 20.3. The molecule has 11 heteroatoms. The first-order chi connectivity index (χ1) is 18.8. The van der Waals surface area contributed by atoms with Gasteiger partial charge in [0.1, 0.15) is 23.8 Å². The van der Waals surface area contributed by atoms with E-state index in [2.05, 4.69) is 20.3 Å². The number of primary amides is 1. The van der Waals surface area contributed by atoms with Crippen molar-refractivity contribution in [1.82, 2.24) is 24.8 Å². The van der Waals surface area contributed by atoms with Crippen molar-refractivity contribution in [3.05, 3.63) is 113 Å². The summed E-state index contributed by atoms with van der Waals surface area (Å²) in [4.78, 5) is 37.7. The zero-order chi connectivity index (χ0) is 27.5. The third kappa shape index (κ3) is 5.91. The van der Waals surface area contributed by atoms with Crippen molar-refractivity contribution >= 4 is 34.4 Å². The fraction of sp³-hybridized carbons (Fsp3) is 0.107. The van der Waals surface area contributed by atoms with E-state index in [0.29, 0.717) is 39.0 Å². The lowest BCUT2D eigenvalue weighted by molar-refractivity contribution is -0.122. The molecule has 5 aromatic rings. The molecule has 5 rings (SSSR count). The lowest BCUT2D eigenvalue weighted by atomic mass is 9.94. The van der Waals surface area contributed by atoms with Crippen LogP contribution in [0.25, 0.3) is 22.2 Å². The number of pyridine rings is 1. The van der Waals surface area contributed by atoms with Crippen LogP contribution in [0.1, 0.15) is 27.7 Å². The minimum absolute atomic E-state index is 0.0420. The molecule has 2 aromatic carbocycles. The fourth-order valence-corrected chi connectivity index (χ4v) is 4.56. The smallest absolute Gasteiger partial charge is 0.248 e. The number of hydrogen-bond acceptors (Lipinski definition) is 5. The van der Waals surface area contributed by atoms with Crippen LogP contribution in [-0.2, 0) is 17.8 Å². The summed E-state index contributed by atoms with van der Waals surface area (Å²) in [6, 6.07) is 14.3. The molecule has 0 bridgehead atoms. The Labute approximate surface area is 226 Å². The lowest BCUT2D eigenvalue weighted by Crippen LogP contribution is -2.33. The van der Waals surface area contributed by atoms with Gasteiger partial charge in [-0.3, -0.25) is 14.6 Å². The van der Waals surface area contributed by atoms with Gasteiger partial charge in [0.2, 0.25) is 17.1 Å². The molecule has 0 aliphatic heterocycles. The highest BCUT2D eigenvalue weighted by molar-refractivity contribution is 6.28. The molecular formula is C28H21ClF2N6O2. The quantitative estimate of drug-likeness (QED) is 0.275. The number of carbonyl (C=O) groups excluding carboxylic acids is 2. The van der Waals surface area contributed by atoms with Crippen LogP contribution in [-0.4, -0.2) is 31.3 Å². The Hall–Kier alpha value is -4.70. The van der Waals surface area contributed by atoms with Crippen molar-refractivity contribution in [2.75, 3.05) is 0 Å². The van der Waals surface area contributed by atoms with Crippen molar-refractivity contribution in [3.8, 4) is 11.1 Å². The molecule has 0 saturated carbocycles. The number of nitrogens with zero attached hydrogens (tertiary/aromatic N) is 4. The highest BCUT2D eigenvalue weighted by atomic mass is 35.5. The predicted octanol–water partition coefficient (Wildman–Crippen LogP) is 4.62. The lowest BCUT2D eigenvalue weighted by Gasteiger charge is -2.22. The Balaban J connectivity index is 1.52. The molecule has 0 saturated heterocycles. The number of benzene rings is 2. The summed E-state index contributed by atoms with van der Waals surface area (Å²) in [7, 11) is 0. The number of amides is 2. The molecule has 0 radical (unpaired) electrons. The van der Waals surface area contributed by atoms with Crippen molar-refractivity contribution in [2.45, 2.75) is 19.0 Å². The largest absolute Gasteiger partial charge is 0.366 e. The van der Waals surface area contributed by atoms with Crippen LogP contribution < -0.4 is 11.1 Å². The van der Waals surface area contributed by atoms with Gasteiger partial charge in [-0.1, -0.05) is 18.2 Å². The molecule has 196 valence electrons. The molecule has 1 atom stereocenters. The first-order valence-corrected chi connectivity index (χ1v) is 12.2. The van der Waals surface area contributed by atoms with Gasteiger partial charge >= 0.3 is 0 Å². The van der Waals surface area contributed by atoms with Crippen molar-refractivity contribution in [3.63, 3.8) is 0 Å². The second kappa shape index (κ2) is 11.0. The van der Waals surface area contributed by atoms with Crippen LogP contribution in [0, 0.1) is 11.6 Å². The summed E-state index contributed by atoms with van der Waals surface area (Å²) >= 11 is 5.94. The van der Waals surface area contributed by atoms with Crippen LogP contribution in [0.15, 0.2) is 79.3 Å². The highest BCUT2D eigenvalue weighted by Crippen LogP contribution is 2.30. The molecular weight excluding hydrogens is 526 g/mol. The second-order valence-corrected chi connectivity index (χ2v) is 9.18. The minimum atomic E-state index is -0.785. The Kier molecular flexibility index (Phi) is 7.29. The number of hydrogen-bond donors (Lipinski definition) is 2. The van der Waals surface area contributed by atoms with E-state index in [1.54, 1.807) is 65.6 Å². The van der Waals surface area contributed by atoms with Crippen LogP contribution in [0.3, 0.4) is 0 Å². The van der Waals surface area contributed by atoms with E-state index in [0.717, 1.165) is 6.07 Å². The van der Waals surface area contributed by atoms with Gasteiger partial charge in [0.05, 0.1) is 11.7 Å². The monoisotopic (exact) mass is 546 g/mol. The van der Waals surface area contributed by atoms with Gasteiger partial charge in [0, 0.05) is 41.2 Å². The van der Waals surface area contributed by atoms with Gasteiger partial charge in [-0.15, -0.1) is 0 Å². The van der Waals surface area contributed by atoms with Gasteiger partial charge in [0.15, 0.2) is 0 Å². The first-order valence-electron chi connectivity index (χ1n) is 11.8. The molecule has 8 nitrogen and oxygen atoms in total. The topological polar surface area (TPSA) is 116 Å². The molecule has 0 aliphatic carbocycles. The standard InChI is InChI=1S/C28H21ClF2N6O2/c29-28-34-14-19-6-8-37(27(19)36-28)15-24(38)35-23(11-16-9-20(30)13-21(31)10-16)25-22(5-2-7-33-25)17-3-1-4-18(12-17)26(32)39/h1-10,12-14,23H,11,15H2,(H2,32,39)(H,35,38). The van der Waals surface area contributed by atoms with Gasteiger partial charge in [-0.2, -0.15) is 4.98 Å². The van der Waals surface area contributed by atoms with Gasteiger partial charge < -0.3 is 15.6 Å². The summed E-state index contributed by atoms with van der Waals surface area (Å²) in [6.07, 6.45) is 4.84. The average molecular weight is 547 g/mol. The molecule has 3 N–H and O–H groups in total. The van der Waals surface area contributed by atoms with E-state index in [-0.39, 0.29) is 18.2 Å². The molecule has 0 spiro atoms. The third-order valence-electron chi connectivity index (χ3n) is 6.11. The Morgan fingerprint density at radius 1 is 1.03 bits per heavy atom. The summed E-state index contributed by atoms with van der Waals surface area (Å²) in [5, 5.41) is 3.71.